The highest BCUT2D eigenvalue weighted by Gasteiger charge is 2.22. The number of aryl methyl sites for hydroxylation is 1. The standard InChI is InChI=1S/C30H26N6O5S2/c1-17-18(2)34-41-28(17)35-43(38,39)23-15-11-21(12-16-23)31-19(3)26-27(20-9-13-22(40-4)14-10-20)33-36(29(26)37)30-32-24-7-5-6-8-25(24)42-30/h5-16,33,35H,1-4H3. The molecule has 43 heavy (non-hydrogen) atoms. The number of hydrogen-bond acceptors (Lipinski definition) is 9. The van der Waals surface area contributed by atoms with Gasteiger partial charge < -0.3 is 9.26 Å². The van der Waals surface area contributed by atoms with E-state index in [9.17, 15) is 13.2 Å². The summed E-state index contributed by atoms with van der Waals surface area (Å²) in [6.45, 7) is 5.18. The van der Waals surface area contributed by atoms with Gasteiger partial charge in [-0.2, -0.15) is 4.68 Å². The average molecular weight is 615 g/mol. The van der Waals surface area contributed by atoms with Crippen LogP contribution in [0.15, 0.2) is 92.0 Å². The summed E-state index contributed by atoms with van der Waals surface area (Å²) in [5, 5.41) is 7.52. The van der Waals surface area contributed by atoms with Crippen LogP contribution >= 0.6 is 11.3 Å². The summed E-state index contributed by atoms with van der Waals surface area (Å²) in [7, 11) is -2.33. The van der Waals surface area contributed by atoms with E-state index in [1.165, 1.54) is 28.2 Å². The molecule has 0 radical (unpaired) electrons. The molecule has 3 aromatic carbocycles. The first-order valence-electron chi connectivity index (χ1n) is 13.1. The highest BCUT2D eigenvalue weighted by Crippen LogP contribution is 2.29. The van der Waals surface area contributed by atoms with E-state index in [1.54, 1.807) is 40.0 Å². The maximum absolute atomic E-state index is 13.9. The first kappa shape index (κ1) is 28.1. The van der Waals surface area contributed by atoms with Crippen LogP contribution in [0.3, 0.4) is 0 Å². The minimum absolute atomic E-state index is 0.0244. The molecule has 0 spiro atoms. The van der Waals surface area contributed by atoms with Gasteiger partial charge in [-0.1, -0.05) is 28.6 Å². The zero-order valence-corrected chi connectivity index (χ0v) is 25.2. The van der Waals surface area contributed by atoms with Gasteiger partial charge in [-0.05, 0) is 81.4 Å². The van der Waals surface area contributed by atoms with E-state index in [1.807, 2.05) is 48.5 Å². The molecule has 2 N–H and O–H groups in total. The average Bonchev–Trinajstić information content (AvgIpc) is 3.68. The Balaban J connectivity index is 1.38. The lowest BCUT2D eigenvalue weighted by molar-refractivity contribution is 0.415. The molecule has 0 unspecified atom stereocenters. The summed E-state index contributed by atoms with van der Waals surface area (Å²) in [5.74, 6) is 0.750. The Hall–Kier alpha value is -5.01. The van der Waals surface area contributed by atoms with Crippen LogP contribution in [0.5, 0.6) is 5.75 Å². The van der Waals surface area contributed by atoms with Crippen molar-refractivity contribution >= 4 is 48.9 Å². The van der Waals surface area contributed by atoms with Crippen LogP contribution < -0.4 is 15.0 Å². The third kappa shape index (κ3) is 5.35. The van der Waals surface area contributed by atoms with Gasteiger partial charge in [0, 0.05) is 11.1 Å². The van der Waals surface area contributed by atoms with Crippen molar-refractivity contribution in [3.8, 4) is 22.1 Å². The monoisotopic (exact) mass is 614 g/mol. The zero-order valence-electron chi connectivity index (χ0n) is 23.6. The number of methoxy groups -OCH3 is 1. The number of sulfonamides is 1. The number of hydrogen-bond donors (Lipinski definition) is 2. The molecule has 0 bridgehead atoms. The Bertz CT molecular complexity index is 2120. The zero-order chi connectivity index (χ0) is 30.3. The molecule has 0 fully saturated rings. The van der Waals surface area contributed by atoms with E-state index < -0.39 is 10.0 Å². The van der Waals surface area contributed by atoms with E-state index in [2.05, 4.69) is 25.0 Å². The number of nitrogens with one attached hydrogen (secondary N) is 2. The van der Waals surface area contributed by atoms with Crippen molar-refractivity contribution in [3.63, 3.8) is 0 Å². The van der Waals surface area contributed by atoms with Crippen LogP contribution in [-0.4, -0.2) is 41.2 Å². The van der Waals surface area contributed by atoms with Crippen LogP contribution in [0.25, 0.3) is 26.6 Å². The maximum Gasteiger partial charge on any atom is 0.283 e. The summed E-state index contributed by atoms with van der Waals surface area (Å²) in [6, 6.07) is 21.0. The molecule has 0 atom stereocenters. The Labute approximate surface area is 250 Å². The maximum atomic E-state index is 13.9. The van der Waals surface area contributed by atoms with E-state index >= 15 is 0 Å². The van der Waals surface area contributed by atoms with Gasteiger partial charge in [0.05, 0.1) is 50.6 Å². The second kappa shape index (κ2) is 11.0. The molecular formula is C30H26N6O5S2. The Morgan fingerprint density at radius 1 is 1.05 bits per heavy atom. The van der Waals surface area contributed by atoms with Crippen molar-refractivity contribution in [1.29, 1.82) is 0 Å². The second-order valence-corrected chi connectivity index (χ2v) is 12.4. The lowest BCUT2D eigenvalue weighted by atomic mass is 10.0. The number of aliphatic imine (C=N–C) groups is 1. The van der Waals surface area contributed by atoms with Crippen LogP contribution in [0.1, 0.15) is 23.7 Å². The summed E-state index contributed by atoms with van der Waals surface area (Å²) in [4.78, 5) is 23.2. The molecule has 13 heteroatoms. The lowest BCUT2D eigenvalue weighted by Gasteiger charge is -2.07. The minimum atomic E-state index is -3.92. The van der Waals surface area contributed by atoms with Crippen molar-refractivity contribution in [2.24, 2.45) is 4.99 Å². The predicted molar refractivity (Wildman–Crippen MR) is 167 cm³/mol. The smallest absolute Gasteiger partial charge is 0.283 e. The number of H-pyrrole nitrogens is 1. The summed E-state index contributed by atoms with van der Waals surface area (Å²) in [6.07, 6.45) is 0. The molecule has 0 aliphatic carbocycles. The quantitative estimate of drug-likeness (QED) is 0.200. The number of fused-ring (bicyclic) bond motifs is 1. The van der Waals surface area contributed by atoms with Crippen molar-refractivity contribution in [2.45, 2.75) is 25.7 Å². The number of benzene rings is 3. The number of thiazole rings is 1. The second-order valence-electron chi connectivity index (χ2n) is 9.71. The Morgan fingerprint density at radius 3 is 2.42 bits per heavy atom. The van der Waals surface area contributed by atoms with E-state index in [4.69, 9.17) is 9.26 Å². The van der Waals surface area contributed by atoms with Crippen LogP contribution in [0, 0.1) is 13.8 Å². The van der Waals surface area contributed by atoms with E-state index in [0.717, 1.165) is 15.8 Å². The first-order valence-corrected chi connectivity index (χ1v) is 15.4. The number of nitrogens with zero attached hydrogens (tertiary/aromatic N) is 4. The van der Waals surface area contributed by atoms with Crippen LogP contribution in [0.2, 0.25) is 0 Å². The van der Waals surface area contributed by atoms with Gasteiger partial charge >= 0.3 is 0 Å². The topological polar surface area (TPSA) is 144 Å². The van der Waals surface area contributed by atoms with Crippen LogP contribution in [-0.2, 0) is 10.0 Å². The number of aromatic amines is 1. The third-order valence-electron chi connectivity index (χ3n) is 6.93. The van der Waals surface area contributed by atoms with Gasteiger partial charge in [0.1, 0.15) is 5.75 Å². The van der Waals surface area contributed by atoms with Crippen LogP contribution in [0.4, 0.5) is 11.6 Å². The molecule has 218 valence electrons. The highest BCUT2D eigenvalue weighted by molar-refractivity contribution is 7.92. The fourth-order valence-electron chi connectivity index (χ4n) is 4.47. The normalized spacial score (nSPS) is 12.1. The van der Waals surface area contributed by atoms with Crippen molar-refractivity contribution in [3.05, 3.63) is 100.0 Å². The molecule has 0 amide bonds. The number of ether oxygens (including phenoxy) is 1. The fraction of sp³-hybridized carbons (Fsp3) is 0.133. The predicted octanol–water partition coefficient (Wildman–Crippen LogP) is 6.00. The van der Waals surface area contributed by atoms with Gasteiger partial charge in [-0.15, -0.1) is 0 Å². The van der Waals surface area contributed by atoms with E-state index in [0.29, 0.717) is 44.8 Å². The Kier molecular flexibility index (Phi) is 7.20. The highest BCUT2D eigenvalue weighted by atomic mass is 32.2. The third-order valence-corrected chi connectivity index (χ3v) is 9.30. The molecule has 0 saturated carbocycles. The molecule has 6 rings (SSSR count). The SMILES string of the molecule is COc1ccc(-c2[nH]n(-c3nc4ccccc4s3)c(=O)c2C(C)=Nc2ccc(S(=O)(=O)Nc3onc(C)c3C)cc2)cc1. The molecule has 3 aromatic heterocycles. The molecule has 3 heterocycles. The summed E-state index contributed by atoms with van der Waals surface area (Å²) < 4.78 is 41.0. The molecule has 6 aromatic rings. The van der Waals surface area contributed by atoms with Gasteiger partial charge in [-0.3, -0.25) is 14.9 Å². The lowest BCUT2D eigenvalue weighted by Crippen LogP contribution is -2.19. The van der Waals surface area contributed by atoms with Gasteiger partial charge in [0.15, 0.2) is 0 Å². The molecule has 0 aliphatic heterocycles. The minimum Gasteiger partial charge on any atom is -0.497 e. The van der Waals surface area contributed by atoms with Gasteiger partial charge in [0.2, 0.25) is 11.0 Å². The Morgan fingerprint density at radius 2 is 1.77 bits per heavy atom. The van der Waals surface area contributed by atoms with Crippen molar-refractivity contribution in [1.82, 2.24) is 19.9 Å². The number of rotatable bonds is 8. The van der Waals surface area contributed by atoms with Gasteiger partial charge in [0.25, 0.3) is 15.6 Å². The molecule has 0 saturated heterocycles. The first-order chi connectivity index (χ1) is 20.6. The summed E-state index contributed by atoms with van der Waals surface area (Å²) >= 11 is 1.40. The van der Waals surface area contributed by atoms with Gasteiger partial charge in [-0.25, -0.2) is 18.1 Å². The van der Waals surface area contributed by atoms with Crippen molar-refractivity contribution in [2.75, 3.05) is 11.8 Å². The number of para-hydroxylation sites is 1. The molecule has 0 aliphatic rings. The van der Waals surface area contributed by atoms with Crippen molar-refractivity contribution < 1.29 is 17.7 Å². The largest absolute Gasteiger partial charge is 0.497 e. The number of aromatic nitrogens is 4. The fourth-order valence-corrected chi connectivity index (χ4v) is 6.44. The molecule has 11 nitrogen and oxygen atoms in total. The number of anilines is 1. The summed E-state index contributed by atoms with van der Waals surface area (Å²) in [5.41, 5.74) is 4.27. The molecular weight excluding hydrogens is 589 g/mol. The van der Waals surface area contributed by atoms with E-state index in [-0.39, 0.29) is 16.3 Å².